The van der Waals surface area contributed by atoms with E-state index in [1.165, 1.54) is 10.5 Å². The molecule has 0 atom stereocenters. The van der Waals surface area contributed by atoms with Crippen molar-refractivity contribution >= 4 is 28.4 Å². The number of ether oxygens (including phenoxy) is 1. The minimum atomic E-state index is -0.376. The van der Waals surface area contributed by atoms with E-state index >= 15 is 0 Å². The van der Waals surface area contributed by atoms with Crippen molar-refractivity contribution in [2.24, 2.45) is 0 Å². The third-order valence-electron chi connectivity index (χ3n) is 8.16. The number of amides is 2. The van der Waals surface area contributed by atoms with Crippen molar-refractivity contribution in [1.29, 1.82) is 0 Å². The molecule has 2 N–H and O–H groups in total. The van der Waals surface area contributed by atoms with E-state index in [-0.39, 0.29) is 29.1 Å². The monoisotopic (exact) mass is 629 g/mol. The highest BCUT2D eigenvalue weighted by Gasteiger charge is 2.24. The number of anilines is 2. The number of carbonyl (C=O) groups excluding carboxylic acids is 1. The zero-order valence-electron chi connectivity index (χ0n) is 27.6. The molecule has 0 radical (unpaired) electrons. The van der Waals surface area contributed by atoms with Gasteiger partial charge >= 0.3 is 6.03 Å². The van der Waals surface area contributed by atoms with Crippen LogP contribution in [0.1, 0.15) is 69.1 Å². The maximum absolute atomic E-state index is 14.1. The predicted octanol–water partition coefficient (Wildman–Crippen LogP) is 8.86. The molecule has 8 nitrogen and oxygen atoms in total. The number of carbonyl (C=O) groups is 1. The number of aryl methyl sites for hydroxylation is 1. The molecule has 0 saturated carbocycles. The molecule has 0 unspecified atom stereocenters. The quantitative estimate of drug-likeness (QED) is 0.100. The fourth-order valence-electron chi connectivity index (χ4n) is 5.64. The molecule has 0 aliphatic carbocycles. The first-order valence-corrected chi connectivity index (χ1v) is 16.2. The summed E-state index contributed by atoms with van der Waals surface area (Å²) in [5.41, 5.74) is 6.51. The third kappa shape index (κ3) is 8.14. The van der Waals surface area contributed by atoms with E-state index in [1.54, 1.807) is 24.4 Å². The van der Waals surface area contributed by atoms with Gasteiger partial charge in [0.2, 0.25) is 0 Å². The SMILES string of the molecule is C=CCCN(C(=O)Nc1c(C(C)C)cc(-c2cccc(OCCCc3ccncc3)c2)cc1C(C)C)c1cc2cccnc2[nH]c1=O. The Labute approximate surface area is 276 Å². The molecule has 0 bridgehead atoms. The molecule has 0 aliphatic rings. The van der Waals surface area contributed by atoms with Gasteiger partial charge in [-0.15, -0.1) is 6.58 Å². The zero-order chi connectivity index (χ0) is 33.3. The number of urea groups is 1. The maximum Gasteiger partial charge on any atom is 0.326 e. The summed E-state index contributed by atoms with van der Waals surface area (Å²) in [6, 6.07) is 21.5. The first-order valence-electron chi connectivity index (χ1n) is 16.2. The lowest BCUT2D eigenvalue weighted by atomic mass is 9.88. The molecule has 0 aliphatic heterocycles. The number of aromatic amines is 1. The Balaban J connectivity index is 1.43. The standard InChI is InChI=1S/C39H43N5O3/c1-6-7-20-44(35-25-30-13-9-17-41-37(30)43-38(35)45)39(46)42-36-33(26(2)3)23-31(24-34(36)27(4)5)29-12-8-14-32(22-29)47-21-10-11-28-15-18-40-19-16-28/h6,8-9,12-19,22-27H,1,7,10-11,20-21H2,2-5H3,(H,42,46)(H,41,43,45). The van der Waals surface area contributed by atoms with Gasteiger partial charge in [0.05, 0.1) is 6.61 Å². The van der Waals surface area contributed by atoms with E-state index in [0.717, 1.165) is 51.9 Å². The second-order valence-corrected chi connectivity index (χ2v) is 12.3. The molecule has 242 valence electrons. The van der Waals surface area contributed by atoms with Crippen LogP contribution in [0, 0.1) is 0 Å². The lowest BCUT2D eigenvalue weighted by Crippen LogP contribution is -2.39. The van der Waals surface area contributed by atoms with Crippen LogP contribution in [0.5, 0.6) is 5.75 Å². The molecular formula is C39H43N5O3. The summed E-state index contributed by atoms with van der Waals surface area (Å²) < 4.78 is 6.14. The van der Waals surface area contributed by atoms with E-state index in [9.17, 15) is 9.59 Å². The van der Waals surface area contributed by atoms with E-state index in [1.807, 2.05) is 42.7 Å². The van der Waals surface area contributed by atoms with Crippen molar-refractivity contribution < 1.29 is 9.53 Å². The summed E-state index contributed by atoms with van der Waals surface area (Å²) in [6.45, 7) is 13.2. The van der Waals surface area contributed by atoms with Crippen molar-refractivity contribution in [3.8, 4) is 16.9 Å². The lowest BCUT2D eigenvalue weighted by molar-refractivity contribution is 0.257. The number of pyridine rings is 3. The fourth-order valence-corrected chi connectivity index (χ4v) is 5.64. The van der Waals surface area contributed by atoms with E-state index in [0.29, 0.717) is 25.2 Å². The predicted molar refractivity (Wildman–Crippen MR) is 192 cm³/mol. The number of nitrogens with one attached hydrogen (secondary N) is 2. The average molecular weight is 630 g/mol. The smallest absolute Gasteiger partial charge is 0.326 e. The fraction of sp³-hybridized carbons (Fsp3) is 0.282. The van der Waals surface area contributed by atoms with Gasteiger partial charge in [0, 0.05) is 36.2 Å². The van der Waals surface area contributed by atoms with Crippen LogP contribution >= 0.6 is 0 Å². The highest BCUT2D eigenvalue weighted by Crippen LogP contribution is 2.38. The largest absolute Gasteiger partial charge is 0.494 e. The summed E-state index contributed by atoms with van der Waals surface area (Å²) in [5.74, 6) is 1.06. The van der Waals surface area contributed by atoms with Crippen LogP contribution in [0.15, 0.2) is 103 Å². The summed E-state index contributed by atoms with van der Waals surface area (Å²) in [4.78, 5) is 39.9. The number of aromatic nitrogens is 3. The van der Waals surface area contributed by atoms with Crippen LogP contribution in [0.3, 0.4) is 0 Å². The van der Waals surface area contributed by atoms with E-state index < -0.39 is 0 Å². The van der Waals surface area contributed by atoms with Crippen molar-refractivity contribution in [2.45, 2.75) is 58.8 Å². The van der Waals surface area contributed by atoms with E-state index in [2.05, 4.69) is 78.8 Å². The van der Waals surface area contributed by atoms with Gasteiger partial charge in [0.15, 0.2) is 0 Å². The van der Waals surface area contributed by atoms with Crippen molar-refractivity contribution in [2.75, 3.05) is 23.4 Å². The highest BCUT2D eigenvalue weighted by atomic mass is 16.5. The molecule has 2 amide bonds. The van der Waals surface area contributed by atoms with Gasteiger partial charge in [-0.05, 0) is 114 Å². The topological polar surface area (TPSA) is 100 Å². The Bertz CT molecular complexity index is 1870. The molecule has 3 aromatic heterocycles. The van der Waals surface area contributed by atoms with Crippen LogP contribution in [-0.2, 0) is 6.42 Å². The number of fused-ring (bicyclic) bond motifs is 1. The van der Waals surface area contributed by atoms with Crippen LogP contribution in [0.4, 0.5) is 16.2 Å². The first-order chi connectivity index (χ1) is 22.7. The summed E-state index contributed by atoms with van der Waals surface area (Å²) in [7, 11) is 0. The van der Waals surface area contributed by atoms with Gasteiger partial charge in [-0.25, -0.2) is 9.78 Å². The second-order valence-electron chi connectivity index (χ2n) is 12.3. The second kappa shape index (κ2) is 15.4. The molecule has 3 heterocycles. The number of nitrogens with zero attached hydrogens (tertiary/aromatic N) is 3. The van der Waals surface area contributed by atoms with Crippen LogP contribution in [-0.4, -0.2) is 34.1 Å². The summed E-state index contributed by atoms with van der Waals surface area (Å²) in [5, 5.41) is 3.96. The Morgan fingerprint density at radius 1 is 0.957 bits per heavy atom. The number of hydrogen-bond acceptors (Lipinski definition) is 5. The molecule has 5 aromatic rings. The van der Waals surface area contributed by atoms with E-state index in [4.69, 9.17) is 4.74 Å². The molecule has 0 saturated heterocycles. The van der Waals surface area contributed by atoms with Gasteiger partial charge in [0.25, 0.3) is 5.56 Å². The molecular weight excluding hydrogens is 586 g/mol. The zero-order valence-corrected chi connectivity index (χ0v) is 27.6. The number of hydrogen-bond donors (Lipinski definition) is 2. The van der Waals surface area contributed by atoms with Gasteiger partial charge < -0.3 is 15.0 Å². The molecule has 2 aromatic carbocycles. The van der Waals surface area contributed by atoms with Gasteiger partial charge in [-0.3, -0.25) is 14.7 Å². The molecule has 8 heteroatoms. The highest BCUT2D eigenvalue weighted by molar-refractivity contribution is 6.03. The first kappa shape index (κ1) is 33.1. The third-order valence-corrected chi connectivity index (χ3v) is 8.16. The molecule has 0 spiro atoms. The normalized spacial score (nSPS) is 11.2. The summed E-state index contributed by atoms with van der Waals surface area (Å²) >= 11 is 0. The average Bonchev–Trinajstić information content (AvgIpc) is 3.07. The van der Waals surface area contributed by atoms with Crippen LogP contribution in [0.25, 0.3) is 22.2 Å². The molecule has 47 heavy (non-hydrogen) atoms. The van der Waals surface area contributed by atoms with Gasteiger partial charge in [0.1, 0.15) is 17.1 Å². The van der Waals surface area contributed by atoms with Crippen molar-refractivity contribution in [3.05, 3.63) is 125 Å². The number of rotatable bonds is 13. The summed E-state index contributed by atoms with van der Waals surface area (Å²) in [6.07, 6.45) is 9.36. The lowest BCUT2D eigenvalue weighted by Gasteiger charge is -2.26. The van der Waals surface area contributed by atoms with Crippen LogP contribution in [0.2, 0.25) is 0 Å². The maximum atomic E-state index is 14.1. The Hall–Kier alpha value is -5.24. The Morgan fingerprint density at radius 3 is 2.40 bits per heavy atom. The van der Waals surface area contributed by atoms with Gasteiger partial charge in [-0.2, -0.15) is 0 Å². The minimum Gasteiger partial charge on any atom is -0.494 e. The Morgan fingerprint density at radius 2 is 1.70 bits per heavy atom. The number of benzene rings is 2. The minimum absolute atomic E-state index is 0.118. The van der Waals surface area contributed by atoms with Crippen molar-refractivity contribution in [3.63, 3.8) is 0 Å². The van der Waals surface area contributed by atoms with Crippen LogP contribution < -0.4 is 20.5 Å². The molecule has 0 fully saturated rings. The number of H-pyrrole nitrogens is 1. The van der Waals surface area contributed by atoms with Crippen molar-refractivity contribution in [1.82, 2.24) is 15.0 Å². The van der Waals surface area contributed by atoms with Gasteiger partial charge in [-0.1, -0.05) is 45.9 Å². The molecule has 5 rings (SSSR count). The Kier molecular flexibility index (Phi) is 10.8.